The minimum Gasteiger partial charge on any atom is -0.368 e. The minimum atomic E-state index is -1.12. The van der Waals surface area contributed by atoms with Crippen molar-refractivity contribution in [3.63, 3.8) is 0 Å². The number of carbonyl (C=O) groups excluding carboxylic acids is 2. The molecule has 0 heterocycles. The zero-order valence-corrected chi connectivity index (χ0v) is 16.5. The van der Waals surface area contributed by atoms with E-state index in [1.165, 1.54) is 17.0 Å². The van der Waals surface area contributed by atoms with Gasteiger partial charge in [0, 0.05) is 11.6 Å². The molecule has 2 N–H and O–H groups in total. The molecule has 0 unspecified atom stereocenters. The molecule has 2 amide bonds. The Morgan fingerprint density at radius 3 is 1.90 bits per heavy atom. The number of hydrogen-bond donors (Lipinski definition) is 1. The predicted molar refractivity (Wildman–Crippen MR) is 110 cm³/mol. The summed E-state index contributed by atoms with van der Waals surface area (Å²) in [7, 11) is 0. The molecule has 0 aliphatic carbocycles. The highest BCUT2D eigenvalue weighted by atomic mass is 19.1. The third-order valence-electron chi connectivity index (χ3n) is 4.91. The second kappa shape index (κ2) is 9.31. The van der Waals surface area contributed by atoms with Crippen LogP contribution in [0.1, 0.15) is 46.9 Å². The van der Waals surface area contributed by atoms with Crippen molar-refractivity contribution in [1.29, 1.82) is 0 Å². The summed E-state index contributed by atoms with van der Waals surface area (Å²) in [5.74, 6) is -2.71. The van der Waals surface area contributed by atoms with Gasteiger partial charge >= 0.3 is 0 Å². The first kappa shape index (κ1) is 21.2. The van der Waals surface area contributed by atoms with Crippen molar-refractivity contribution in [3.05, 3.63) is 107 Å². The summed E-state index contributed by atoms with van der Waals surface area (Å²) in [5, 5.41) is 0. The van der Waals surface area contributed by atoms with E-state index in [0.717, 1.165) is 6.07 Å². The van der Waals surface area contributed by atoms with Crippen LogP contribution in [0.5, 0.6) is 0 Å². The number of carbonyl (C=O) groups is 2. The zero-order valence-electron chi connectivity index (χ0n) is 16.5. The fourth-order valence-electron chi connectivity index (χ4n) is 3.63. The number of amides is 2. The van der Waals surface area contributed by atoms with Crippen molar-refractivity contribution in [2.24, 2.45) is 5.73 Å². The lowest BCUT2D eigenvalue weighted by Gasteiger charge is -2.37. The van der Waals surface area contributed by atoms with Gasteiger partial charge in [0.05, 0.1) is 6.04 Å². The van der Waals surface area contributed by atoms with E-state index in [1.54, 1.807) is 67.6 Å². The summed E-state index contributed by atoms with van der Waals surface area (Å²) in [6.45, 7) is 1.78. The fourth-order valence-corrected chi connectivity index (χ4v) is 3.63. The largest absolute Gasteiger partial charge is 0.368 e. The Morgan fingerprint density at radius 2 is 1.40 bits per heavy atom. The van der Waals surface area contributed by atoms with E-state index in [1.807, 2.05) is 0 Å². The lowest BCUT2D eigenvalue weighted by Crippen LogP contribution is -2.44. The van der Waals surface area contributed by atoms with Crippen molar-refractivity contribution >= 4 is 11.8 Å². The van der Waals surface area contributed by atoms with Crippen LogP contribution in [0.2, 0.25) is 0 Å². The molecule has 3 aromatic rings. The van der Waals surface area contributed by atoms with Gasteiger partial charge < -0.3 is 10.6 Å². The Bertz CT molecular complexity index is 1010. The van der Waals surface area contributed by atoms with Crippen LogP contribution < -0.4 is 5.73 Å². The molecule has 3 aromatic carbocycles. The first-order valence-corrected chi connectivity index (χ1v) is 9.60. The number of rotatable bonds is 7. The lowest BCUT2D eigenvalue weighted by molar-refractivity contribution is -0.123. The molecule has 0 aliphatic heterocycles. The highest BCUT2D eigenvalue weighted by Gasteiger charge is 2.36. The van der Waals surface area contributed by atoms with Crippen molar-refractivity contribution in [2.45, 2.75) is 25.4 Å². The first-order chi connectivity index (χ1) is 14.4. The Hall–Kier alpha value is -3.54. The average Bonchev–Trinajstić information content (AvgIpc) is 2.73. The van der Waals surface area contributed by atoms with Crippen LogP contribution in [0.25, 0.3) is 0 Å². The molecule has 3 rings (SSSR count). The van der Waals surface area contributed by atoms with E-state index in [4.69, 9.17) is 5.73 Å². The highest BCUT2D eigenvalue weighted by Crippen LogP contribution is 2.35. The maximum absolute atomic E-state index is 14.0. The van der Waals surface area contributed by atoms with Gasteiger partial charge in [-0.25, -0.2) is 8.78 Å². The smallest absolute Gasteiger partial charge is 0.255 e. The second-order valence-corrected chi connectivity index (χ2v) is 6.92. The van der Waals surface area contributed by atoms with Gasteiger partial charge in [0.1, 0.15) is 17.7 Å². The van der Waals surface area contributed by atoms with Crippen molar-refractivity contribution < 1.29 is 18.4 Å². The van der Waals surface area contributed by atoms with Gasteiger partial charge in [-0.05, 0) is 41.8 Å². The Kier molecular flexibility index (Phi) is 6.57. The zero-order chi connectivity index (χ0) is 21.7. The standard InChI is InChI=1S/C24H22F2N2O2/c1-2-21(18-13-19(25)15-20(26)14-18)28(24(30)17-11-7-4-8-12-17)22(23(27)29)16-9-5-3-6-10-16/h3-15,21-22H,2H2,1H3,(H2,27,29)/t21-,22+/m1/s1. The highest BCUT2D eigenvalue weighted by molar-refractivity contribution is 5.98. The molecule has 0 saturated heterocycles. The maximum atomic E-state index is 14.0. The molecule has 0 aromatic heterocycles. The van der Waals surface area contributed by atoms with Crippen molar-refractivity contribution in [1.82, 2.24) is 4.90 Å². The molecule has 0 spiro atoms. The number of nitrogens with two attached hydrogens (primary N) is 1. The lowest BCUT2D eigenvalue weighted by atomic mass is 9.95. The second-order valence-electron chi connectivity index (χ2n) is 6.92. The average molecular weight is 408 g/mol. The molecule has 0 saturated carbocycles. The number of benzene rings is 3. The fraction of sp³-hybridized carbons (Fsp3) is 0.167. The monoisotopic (exact) mass is 408 g/mol. The molecule has 0 aliphatic rings. The van der Waals surface area contributed by atoms with Crippen molar-refractivity contribution in [2.75, 3.05) is 0 Å². The normalized spacial score (nSPS) is 12.8. The third kappa shape index (κ3) is 4.54. The molecule has 30 heavy (non-hydrogen) atoms. The Balaban J connectivity index is 2.19. The van der Waals surface area contributed by atoms with Gasteiger partial charge in [-0.1, -0.05) is 55.5 Å². The van der Waals surface area contributed by atoms with Gasteiger partial charge in [-0.3, -0.25) is 9.59 Å². The van der Waals surface area contributed by atoms with E-state index in [9.17, 15) is 18.4 Å². The first-order valence-electron chi connectivity index (χ1n) is 9.60. The topological polar surface area (TPSA) is 63.4 Å². The van der Waals surface area contributed by atoms with E-state index in [0.29, 0.717) is 17.5 Å². The predicted octanol–water partition coefficient (Wildman–Crippen LogP) is 4.78. The molecule has 154 valence electrons. The van der Waals surface area contributed by atoms with Crippen LogP contribution in [-0.2, 0) is 4.79 Å². The van der Waals surface area contributed by atoms with Gasteiger partial charge in [-0.2, -0.15) is 0 Å². The molecule has 2 atom stereocenters. The molecular weight excluding hydrogens is 386 g/mol. The van der Waals surface area contributed by atoms with E-state index in [2.05, 4.69) is 0 Å². The number of halogens is 2. The molecule has 0 fully saturated rings. The number of primary amides is 1. The molecule has 4 nitrogen and oxygen atoms in total. The summed E-state index contributed by atoms with van der Waals surface area (Å²) in [6, 6.07) is 18.3. The SMILES string of the molecule is CC[C@H](c1cc(F)cc(F)c1)N(C(=O)c1ccccc1)[C@H](C(N)=O)c1ccccc1. The van der Waals surface area contributed by atoms with E-state index >= 15 is 0 Å². The third-order valence-corrected chi connectivity index (χ3v) is 4.91. The van der Waals surface area contributed by atoms with E-state index in [-0.39, 0.29) is 5.56 Å². The van der Waals surface area contributed by atoms with Gasteiger partial charge in [-0.15, -0.1) is 0 Å². The molecule has 6 heteroatoms. The van der Waals surface area contributed by atoms with Gasteiger partial charge in [0.25, 0.3) is 5.91 Å². The minimum absolute atomic E-state index is 0.251. The molecule has 0 radical (unpaired) electrons. The van der Waals surface area contributed by atoms with Crippen molar-refractivity contribution in [3.8, 4) is 0 Å². The Morgan fingerprint density at radius 1 is 0.867 bits per heavy atom. The summed E-state index contributed by atoms with van der Waals surface area (Å²) in [5.41, 5.74) is 6.85. The van der Waals surface area contributed by atoms with Crippen LogP contribution in [0.3, 0.4) is 0 Å². The van der Waals surface area contributed by atoms with Crippen LogP contribution in [-0.4, -0.2) is 16.7 Å². The van der Waals surface area contributed by atoms with Gasteiger partial charge in [0.15, 0.2) is 0 Å². The van der Waals surface area contributed by atoms with Crippen LogP contribution in [0.4, 0.5) is 8.78 Å². The summed E-state index contributed by atoms with van der Waals surface area (Å²) >= 11 is 0. The number of hydrogen-bond acceptors (Lipinski definition) is 2. The number of nitrogens with zero attached hydrogens (tertiary/aromatic N) is 1. The van der Waals surface area contributed by atoms with E-state index < -0.39 is 35.5 Å². The van der Waals surface area contributed by atoms with Crippen LogP contribution in [0.15, 0.2) is 78.9 Å². The van der Waals surface area contributed by atoms with Crippen LogP contribution in [0, 0.1) is 11.6 Å². The summed E-state index contributed by atoms with van der Waals surface area (Å²) in [4.78, 5) is 27.4. The van der Waals surface area contributed by atoms with Gasteiger partial charge in [0.2, 0.25) is 5.91 Å². The maximum Gasteiger partial charge on any atom is 0.255 e. The van der Waals surface area contributed by atoms with Crippen LogP contribution >= 0.6 is 0 Å². The molecule has 0 bridgehead atoms. The summed E-state index contributed by atoms with van der Waals surface area (Å²) in [6.07, 6.45) is 0.318. The quantitative estimate of drug-likeness (QED) is 0.611. The molecular formula is C24H22F2N2O2. The Labute approximate surface area is 173 Å². The summed E-state index contributed by atoms with van der Waals surface area (Å²) < 4.78 is 27.9.